The number of halogens is 1. The minimum Gasteiger partial charge on any atom is -0.461 e. The van der Waals surface area contributed by atoms with Crippen molar-refractivity contribution in [1.29, 1.82) is 0 Å². The van der Waals surface area contributed by atoms with Crippen LogP contribution in [0, 0.1) is 10.1 Å². The summed E-state index contributed by atoms with van der Waals surface area (Å²) in [6, 6.07) is 22.9. The molecule has 0 heterocycles. The van der Waals surface area contributed by atoms with Crippen LogP contribution in [0.5, 0.6) is 0 Å². The highest BCUT2D eigenvalue weighted by Gasteiger charge is 2.30. The summed E-state index contributed by atoms with van der Waals surface area (Å²) >= 11 is 0. The minimum atomic E-state index is -1.54. The zero-order valence-electron chi connectivity index (χ0n) is 29.8. The molecule has 19 heteroatoms. The van der Waals surface area contributed by atoms with Crippen molar-refractivity contribution in [3.8, 4) is 0 Å². The number of nitro groups is 1. The molecule has 0 spiro atoms. The molecule has 0 radical (unpaired) electrons. The molecule has 55 heavy (non-hydrogen) atoms. The Morgan fingerprint density at radius 2 is 1.31 bits per heavy atom. The van der Waals surface area contributed by atoms with Gasteiger partial charge in [-0.3, -0.25) is 19.2 Å². The van der Waals surface area contributed by atoms with Gasteiger partial charge in [-0.15, -0.1) is 12.4 Å². The third-order valence-corrected chi connectivity index (χ3v) is 7.41. The first kappa shape index (κ1) is 45.0. The average Bonchev–Trinajstić information content (AvgIpc) is 3.17. The number of esters is 2. The fourth-order valence-electron chi connectivity index (χ4n) is 4.63. The summed E-state index contributed by atoms with van der Waals surface area (Å²) < 4.78 is 16.5. The number of carbonyl (C=O) groups is 5. The molecule has 0 aliphatic rings. The molecule has 0 aliphatic heterocycles. The molecule has 0 saturated carbocycles. The van der Waals surface area contributed by atoms with Crippen LogP contribution in [0.15, 0.2) is 96.0 Å². The summed E-state index contributed by atoms with van der Waals surface area (Å²) in [5.41, 5.74) is 15.1. The molecule has 0 saturated heterocycles. The molecule has 3 atom stereocenters. The molecule has 0 fully saturated rings. The van der Waals surface area contributed by atoms with Gasteiger partial charge in [0.1, 0.15) is 19.3 Å². The maximum Gasteiger partial charge on any atom is 0.331 e. The van der Waals surface area contributed by atoms with Crippen LogP contribution in [0.4, 0.5) is 0 Å². The summed E-state index contributed by atoms with van der Waals surface area (Å²) in [7, 11) is 0. The van der Waals surface area contributed by atoms with Gasteiger partial charge in [0.05, 0.1) is 32.2 Å². The predicted molar refractivity (Wildman–Crippen MR) is 201 cm³/mol. The van der Waals surface area contributed by atoms with Crippen LogP contribution in [0.1, 0.15) is 36.0 Å². The average molecular weight is 785 g/mol. The van der Waals surface area contributed by atoms with E-state index in [4.69, 9.17) is 25.7 Å². The second-order valence-corrected chi connectivity index (χ2v) is 11.7. The minimum absolute atomic E-state index is 0. The van der Waals surface area contributed by atoms with E-state index in [1.807, 2.05) is 36.4 Å². The van der Waals surface area contributed by atoms with E-state index < -0.39 is 71.7 Å². The fourth-order valence-corrected chi connectivity index (χ4v) is 4.63. The number of nitrogens with zero attached hydrogens (tertiary/aromatic N) is 2. The lowest BCUT2D eigenvalue weighted by molar-refractivity contribution is -0.525. The normalized spacial score (nSPS) is 12.4. The monoisotopic (exact) mass is 784 g/mol. The summed E-state index contributed by atoms with van der Waals surface area (Å²) in [6.45, 7) is -0.932. The van der Waals surface area contributed by atoms with E-state index in [1.54, 1.807) is 60.0 Å². The standard InChI is InChI=1S/C36H44N8O10.ClH/c37-28(17-10-18-39-36(38)43-44(50)51)33(47)40-20-31(45)41-29(19-32(46)53-22-26-13-6-2-7-14-26)34(48)42-30(24-52-21-25-11-4-1-5-12-25)35(49)54-23-27-15-8-3-9-16-27;/h1-9,11-16,28-30H,10,17-24,37H2,(H,40,47)(H,41,45)(H,42,48)(H3,38,39,43);1H/t28-,29+,30-;/m0./s1. The lowest BCUT2D eigenvalue weighted by Crippen LogP contribution is -2.55. The van der Waals surface area contributed by atoms with Crippen LogP contribution in [0.25, 0.3) is 0 Å². The maximum atomic E-state index is 13.6. The smallest absolute Gasteiger partial charge is 0.331 e. The second kappa shape index (κ2) is 25.0. The summed E-state index contributed by atoms with van der Waals surface area (Å²) in [4.78, 5) is 79.4. The number of nitrogens with two attached hydrogens (primary N) is 2. The van der Waals surface area contributed by atoms with E-state index in [9.17, 15) is 34.1 Å². The van der Waals surface area contributed by atoms with E-state index in [1.165, 1.54) is 0 Å². The van der Waals surface area contributed by atoms with Crippen LogP contribution in [-0.2, 0) is 58.0 Å². The number of nitrogens with one attached hydrogen (secondary N) is 4. The first-order valence-electron chi connectivity index (χ1n) is 16.9. The Morgan fingerprint density at radius 1 is 0.764 bits per heavy atom. The molecule has 3 amide bonds. The molecule has 8 N–H and O–H groups in total. The number of amides is 3. The molecule has 296 valence electrons. The van der Waals surface area contributed by atoms with Crippen molar-refractivity contribution < 1.29 is 43.2 Å². The predicted octanol–water partition coefficient (Wildman–Crippen LogP) is 0.791. The van der Waals surface area contributed by atoms with E-state index in [2.05, 4.69) is 20.9 Å². The Morgan fingerprint density at radius 3 is 1.87 bits per heavy atom. The third-order valence-electron chi connectivity index (χ3n) is 7.41. The summed E-state index contributed by atoms with van der Waals surface area (Å²) in [5, 5.41) is 16.8. The van der Waals surface area contributed by atoms with Gasteiger partial charge < -0.3 is 41.6 Å². The highest BCUT2D eigenvalue weighted by Crippen LogP contribution is 2.08. The molecular weight excluding hydrogens is 740 g/mol. The molecule has 0 unspecified atom stereocenters. The van der Waals surface area contributed by atoms with Crippen molar-refractivity contribution in [2.75, 3.05) is 19.7 Å². The van der Waals surface area contributed by atoms with Crippen molar-refractivity contribution >= 4 is 48.0 Å². The molecule has 18 nitrogen and oxygen atoms in total. The number of guanidine groups is 1. The maximum absolute atomic E-state index is 13.6. The van der Waals surface area contributed by atoms with Gasteiger partial charge in [-0.2, -0.15) is 0 Å². The number of carbonyl (C=O) groups excluding carboxylic acids is 5. The number of hydrogen-bond acceptors (Lipinski definition) is 12. The van der Waals surface area contributed by atoms with Gasteiger partial charge in [-0.05, 0) is 29.5 Å². The molecule has 0 aliphatic carbocycles. The van der Waals surface area contributed by atoms with Crippen LogP contribution >= 0.6 is 12.4 Å². The van der Waals surface area contributed by atoms with Crippen LogP contribution in [0.2, 0.25) is 0 Å². The molecule has 3 rings (SSSR count). The lowest BCUT2D eigenvalue weighted by Gasteiger charge is -2.23. The van der Waals surface area contributed by atoms with Gasteiger partial charge in [0.15, 0.2) is 11.1 Å². The molecule has 0 bridgehead atoms. The van der Waals surface area contributed by atoms with E-state index in [0.29, 0.717) is 11.1 Å². The van der Waals surface area contributed by atoms with Crippen LogP contribution < -0.4 is 32.8 Å². The van der Waals surface area contributed by atoms with Gasteiger partial charge in [0.2, 0.25) is 17.7 Å². The van der Waals surface area contributed by atoms with E-state index in [-0.39, 0.29) is 58.2 Å². The van der Waals surface area contributed by atoms with Crippen LogP contribution in [0.3, 0.4) is 0 Å². The van der Waals surface area contributed by atoms with Gasteiger partial charge in [-0.1, -0.05) is 96.4 Å². The largest absolute Gasteiger partial charge is 0.461 e. The molecule has 0 aromatic heterocycles. The Bertz CT molecular complexity index is 1700. The number of aliphatic imine (C=N–C) groups is 1. The lowest BCUT2D eigenvalue weighted by atomic mass is 10.1. The first-order chi connectivity index (χ1) is 26.0. The highest BCUT2D eigenvalue weighted by molar-refractivity contribution is 5.94. The number of hydrazine groups is 1. The summed E-state index contributed by atoms with van der Waals surface area (Å²) in [6.07, 6.45) is -0.267. The molecular formula is C36H45ClN8O10. The zero-order chi connectivity index (χ0) is 39.1. The van der Waals surface area contributed by atoms with Gasteiger partial charge in [0, 0.05) is 6.54 Å². The third kappa shape index (κ3) is 18.5. The number of benzene rings is 3. The Balaban J connectivity index is 0.0000105. The topological polar surface area (TPSA) is 269 Å². The molecule has 3 aromatic carbocycles. The highest BCUT2D eigenvalue weighted by atomic mass is 35.5. The Hall–Kier alpha value is -6.11. The van der Waals surface area contributed by atoms with Crippen molar-refractivity contribution in [3.05, 3.63) is 118 Å². The second-order valence-electron chi connectivity index (χ2n) is 11.7. The van der Waals surface area contributed by atoms with Gasteiger partial charge >= 0.3 is 11.9 Å². The Kier molecular flexibility index (Phi) is 20.5. The first-order valence-corrected chi connectivity index (χ1v) is 16.9. The van der Waals surface area contributed by atoms with E-state index >= 15 is 0 Å². The Labute approximate surface area is 323 Å². The number of ether oxygens (including phenoxy) is 3. The SMILES string of the molecule is Cl.NC(=NCCC[C@H](N)C(=O)NCC(=O)N[C@H](CC(=O)OCc1ccccc1)C(=O)N[C@@H](COCc1ccccc1)C(=O)OCc1ccccc1)N[N+](=O)[O-]. The zero-order valence-corrected chi connectivity index (χ0v) is 30.6. The van der Waals surface area contributed by atoms with E-state index in [0.717, 1.165) is 5.56 Å². The van der Waals surface area contributed by atoms with Crippen molar-refractivity contribution in [3.63, 3.8) is 0 Å². The van der Waals surface area contributed by atoms with Crippen molar-refractivity contribution in [2.45, 2.75) is 57.2 Å². The summed E-state index contributed by atoms with van der Waals surface area (Å²) in [5.74, 6) is -4.53. The number of hydrogen-bond donors (Lipinski definition) is 6. The van der Waals surface area contributed by atoms with Gasteiger partial charge in [0.25, 0.3) is 5.96 Å². The molecule has 3 aromatic rings. The van der Waals surface area contributed by atoms with Gasteiger partial charge in [-0.25, -0.2) is 19.9 Å². The quantitative estimate of drug-likeness (QED) is 0.0206. The number of rotatable bonds is 22. The fraction of sp³-hybridized carbons (Fsp3) is 0.333. The van der Waals surface area contributed by atoms with Crippen LogP contribution in [-0.4, -0.2) is 78.5 Å². The van der Waals surface area contributed by atoms with Crippen molar-refractivity contribution in [1.82, 2.24) is 21.4 Å². The van der Waals surface area contributed by atoms with Crippen molar-refractivity contribution in [2.24, 2.45) is 16.5 Å².